The van der Waals surface area contributed by atoms with Crippen LogP contribution in [0.1, 0.15) is 33.1 Å². The predicted octanol–water partition coefficient (Wildman–Crippen LogP) is 0.703. The van der Waals surface area contributed by atoms with Crippen LogP contribution >= 0.6 is 0 Å². The Morgan fingerprint density at radius 1 is 1.11 bits per heavy atom. The summed E-state index contributed by atoms with van der Waals surface area (Å²) in [6.45, 7) is 6.29. The fourth-order valence-corrected chi connectivity index (χ4v) is 1.50. The van der Waals surface area contributed by atoms with Gasteiger partial charge in [-0.3, -0.25) is 9.59 Å². The van der Waals surface area contributed by atoms with Gasteiger partial charge in [-0.15, -0.1) is 0 Å². The first-order chi connectivity index (χ1) is 8.47. The van der Waals surface area contributed by atoms with Gasteiger partial charge in [0.05, 0.1) is 0 Å². The Balaban J connectivity index is 3.83. The van der Waals surface area contributed by atoms with Crippen LogP contribution in [0.25, 0.3) is 0 Å². The summed E-state index contributed by atoms with van der Waals surface area (Å²) >= 11 is 0. The van der Waals surface area contributed by atoms with Crippen LogP contribution in [0.4, 0.5) is 0 Å². The maximum atomic E-state index is 11.4. The van der Waals surface area contributed by atoms with Crippen molar-refractivity contribution in [1.82, 2.24) is 15.1 Å². The molecule has 0 heterocycles. The molecule has 0 aromatic rings. The molecule has 0 fully saturated rings. The van der Waals surface area contributed by atoms with Gasteiger partial charge in [0.15, 0.2) is 0 Å². The maximum absolute atomic E-state index is 11.4. The lowest BCUT2D eigenvalue weighted by Gasteiger charge is -2.23. The number of nitrogens with one attached hydrogen (secondary N) is 1. The number of likely N-dealkylation sites (N-methyl/N-ethyl adjacent to an activating group) is 1. The topological polar surface area (TPSA) is 52.7 Å². The molecule has 2 amide bonds. The highest BCUT2D eigenvalue weighted by Crippen LogP contribution is 1.94. The van der Waals surface area contributed by atoms with Crippen molar-refractivity contribution in [2.24, 2.45) is 0 Å². The summed E-state index contributed by atoms with van der Waals surface area (Å²) in [4.78, 5) is 26.6. The fraction of sp³-hybridized carbons (Fsp3) is 0.846. The smallest absolute Gasteiger partial charge is 0.220 e. The summed E-state index contributed by atoms with van der Waals surface area (Å²) in [7, 11) is 3.95. The van der Waals surface area contributed by atoms with Gasteiger partial charge in [0, 0.05) is 39.5 Å². The third kappa shape index (κ3) is 8.98. The second-order valence-electron chi connectivity index (χ2n) is 4.76. The molecule has 0 saturated carbocycles. The molecular formula is C13H27N3O2. The van der Waals surface area contributed by atoms with Crippen molar-refractivity contribution in [3.8, 4) is 0 Å². The Morgan fingerprint density at radius 2 is 1.78 bits per heavy atom. The lowest BCUT2D eigenvalue weighted by molar-refractivity contribution is -0.129. The molecule has 106 valence electrons. The second-order valence-corrected chi connectivity index (χ2v) is 4.76. The zero-order chi connectivity index (χ0) is 14.0. The highest BCUT2D eigenvalue weighted by molar-refractivity contribution is 5.76. The van der Waals surface area contributed by atoms with E-state index in [1.807, 2.05) is 19.0 Å². The molecule has 0 aromatic carbocycles. The molecule has 5 nitrogen and oxygen atoms in total. The molecule has 5 heteroatoms. The van der Waals surface area contributed by atoms with E-state index >= 15 is 0 Å². The zero-order valence-electron chi connectivity index (χ0n) is 12.2. The van der Waals surface area contributed by atoms with E-state index in [9.17, 15) is 9.59 Å². The Hall–Kier alpha value is -1.10. The van der Waals surface area contributed by atoms with Crippen molar-refractivity contribution >= 4 is 11.8 Å². The number of hydrogen-bond acceptors (Lipinski definition) is 3. The van der Waals surface area contributed by atoms with Crippen LogP contribution < -0.4 is 5.32 Å². The first-order valence-electron chi connectivity index (χ1n) is 6.64. The first-order valence-corrected chi connectivity index (χ1v) is 6.64. The van der Waals surface area contributed by atoms with Crippen molar-refractivity contribution in [1.29, 1.82) is 0 Å². The van der Waals surface area contributed by atoms with E-state index in [4.69, 9.17) is 0 Å². The molecule has 0 aromatic heterocycles. The van der Waals surface area contributed by atoms with Crippen LogP contribution in [0.3, 0.4) is 0 Å². The van der Waals surface area contributed by atoms with Gasteiger partial charge < -0.3 is 15.1 Å². The molecule has 0 saturated heterocycles. The number of rotatable bonds is 9. The van der Waals surface area contributed by atoms with Crippen LogP contribution in [0.2, 0.25) is 0 Å². The van der Waals surface area contributed by atoms with Gasteiger partial charge in [0.2, 0.25) is 11.8 Å². The lowest BCUT2D eigenvalue weighted by atomic mass is 10.2. The zero-order valence-corrected chi connectivity index (χ0v) is 12.2. The fourth-order valence-electron chi connectivity index (χ4n) is 1.50. The van der Waals surface area contributed by atoms with E-state index in [1.165, 1.54) is 0 Å². The van der Waals surface area contributed by atoms with Crippen molar-refractivity contribution in [3.05, 3.63) is 0 Å². The molecule has 0 aliphatic heterocycles. The van der Waals surface area contributed by atoms with E-state index in [2.05, 4.69) is 12.2 Å². The van der Waals surface area contributed by atoms with Crippen LogP contribution in [-0.4, -0.2) is 61.9 Å². The number of carbonyl (C=O) groups is 2. The number of carbonyl (C=O) groups excluding carboxylic acids is 2. The first kappa shape index (κ1) is 16.9. The summed E-state index contributed by atoms with van der Waals surface area (Å²) < 4.78 is 0. The normalized spacial score (nSPS) is 10.5. The Bertz CT molecular complexity index is 255. The van der Waals surface area contributed by atoms with Gasteiger partial charge in [-0.05, 0) is 20.5 Å². The van der Waals surface area contributed by atoms with Crippen molar-refractivity contribution in [3.63, 3.8) is 0 Å². The quantitative estimate of drug-likeness (QED) is 0.661. The van der Waals surface area contributed by atoms with Crippen LogP contribution in [-0.2, 0) is 9.59 Å². The van der Waals surface area contributed by atoms with E-state index in [-0.39, 0.29) is 11.8 Å². The van der Waals surface area contributed by atoms with Crippen molar-refractivity contribution in [2.45, 2.75) is 33.1 Å². The minimum Gasteiger partial charge on any atom is -0.354 e. The third-order valence-electron chi connectivity index (χ3n) is 2.72. The van der Waals surface area contributed by atoms with Gasteiger partial charge >= 0.3 is 0 Å². The molecule has 0 bridgehead atoms. The summed E-state index contributed by atoms with van der Waals surface area (Å²) in [5, 5.41) is 2.84. The highest BCUT2D eigenvalue weighted by Gasteiger charge is 2.09. The van der Waals surface area contributed by atoms with E-state index in [0.717, 1.165) is 19.4 Å². The number of nitrogens with zero attached hydrogens (tertiary/aromatic N) is 2. The summed E-state index contributed by atoms with van der Waals surface area (Å²) in [5.41, 5.74) is 0. The monoisotopic (exact) mass is 257 g/mol. The predicted molar refractivity (Wildman–Crippen MR) is 73.3 cm³/mol. The molecule has 0 aliphatic carbocycles. The Labute approximate surface area is 111 Å². The number of hydrogen-bond donors (Lipinski definition) is 1. The number of amides is 2. The molecular weight excluding hydrogens is 230 g/mol. The summed E-state index contributed by atoms with van der Waals surface area (Å²) in [6.07, 6.45) is 2.52. The van der Waals surface area contributed by atoms with E-state index in [1.54, 1.807) is 11.8 Å². The van der Waals surface area contributed by atoms with Gasteiger partial charge in [0.1, 0.15) is 0 Å². The minimum atomic E-state index is 0.0552. The minimum absolute atomic E-state index is 0.0552. The van der Waals surface area contributed by atoms with E-state index in [0.29, 0.717) is 26.1 Å². The molecule has 1 N–H and O–H groups in total. The van der Waals surface area contributed by atoms with Crippen molar-refractivity contribution < 1.29 is 9.59 Å². The van der Waals surface area contributed by atoms with Gasteiger partial charge in [-0.25, -0.2) is 0 Å². The van der Waals surface area contributed by atoms with Crippen LogP contribution in [0, 0.1) is 0 Å². The Kier molecular flexibility index (Phi) is 9.28. The molecule has 0 unspecified atom stereocenters. The Morgan fingerprint density at radius 3 is 2.28 bits per heavy atom. The molecule has 0 atom stereocenters. The third-order valence-corrected chi connectivity index (χ3v) is 2.72. The molecule has 0 aliphatic rings. The SMILES string of the molecule is CCCCC(=O)NCCN(CCN(C)C)C(C)=O. The molecule has 0 rings (SSSR count). The van der Waals surface area contributed by atoms with Crippen LogP contribution in [0.5, 0.6) is 0 Å². The molecule has 0 radical (unpaired) electrons. The molecule has 18 heavy (non-hydrogen) atoms. The lowest BCUT2D eigenvalue weighted by Crippen LogP contribution is -2.40. The second kappa shape index (κ2) is 9.88. The summed E-state index contributed by atoms with van der Waals surface area (Å²) in [5.74, 6) is 0.132. The number of unbranched alkanes of at least 4 members (excludes halogenated alkanes) is 1. The maximum Gasteiger partial charge on any atom is 0.220 e. The summed E-state index contributed by atoms with van der Waals surface area (Å²) in [6, 6.07) is 0. The van der Waals surface area contributed by atoms with Gasteiger partial charge in [0.25, 0.3) is 0 Å². The van der Waals surface area contributed by atoms with Gasteiger partial charge in [-0.1, -0.05) is 13.3 Å². The largest absolute Gasteiger partial charge is 0.354 e. The molecule has 0 spiro atoms. The van der Waals surface area contributed by atoms with Crippen LogP contribution in [0.15, 0.2) is 0 Å². The van der Waals surface area contributed by atoms with Crippen molar-refractivity contribution in [2.75, 3.05) is 40.3 Å². The average Bonchev–Trinajstić information content (AvgIpc) is 2.30. The standard InChI is InChI=1S/C13H27N3O2/c1-5-6-7-13(18)14-8-9-16(12(2)17)11-10-15(3)4/h5-11H2,1-4H3,(H,14,18). The average molecular weight is 257 g/mol. The van der Waals surface area contributed by atoms with Gasteiger partial charge in [-0.2, -0.15) is 0 Å². The highest BCUT2D eigenvalue weighted by atomic mass is 16.2. The van der Waals surface area contributed by atoms with E-state index < -0.39 is 0 Å².